The molecule has 1 aromatic rings. The number of carbonyl (C=O) groups is 2. The van der Waals surface area contributed by atoms with Crippen LogP contribution in [-0.2, 0) is 4.79 Å². The van der Waals surface area contributed by atoms with E-state index in [9.17, 15) is 14.0 Å². The highest BCUT2D eigenvalue weighted by atomic mass is 19.1. The molecule has 20 heavy (non-hydrogen) atoms. The van der Waals surface area contributed by atoms with E-state index in [1.54, 1.807) is 31.2 Å². The number of anilines is 1. The molecule has 0 fully saturated rings. The van der Waals surface area contributed by atoms with Crippen LogP contribution in [0.15, 0.2) is 30.4 Å². The summed E-state index contributed by atoms with van der Waals surface area (Å²) >= 11 is 0. The van der Waals surface area contributed by atoms with Gasteiger partial charge in [-0.05, 0) is 31.0 Å². The summed E-state index contributed by atoms with van der Waals surface area (Å²) in [6.07, 6.45) is 3.53. The molecule has 0 spiro atoms. The van der Waals surface area contributed by atoms with Gasteiger partial charge in [-0.15, -0.1) is 0 Å². The molecule has 0 saturated heterocycles. The molecule has 1 aliphatic rings. The van der Waals surface area contributed by atoms with Gasteiger partial charge < -0.3 is 15.7 Å². The molecule has 2 atom stereocenters. The third kappa shape index (κ3) is 3.34. The van der Waals surface area contributed by atoms with Gasteiger partial charge in [0.05, 0.1) is 12.0 Å². The topological polar surface area (TPSA) is 78.4 Å². The Hall–Kier alpha value is -2.37. The minimum absolute atomic E-state index is 0.324. The van der Waals surface area contributed by atoms with E-state index >= 15 is 0 Å². The van der Waals surface area contributed by atoms with Crippen LogP contribution >= 0.6 is 0 Å². The lowest BCUT2D eigenvalue weighted by Crippen LogP contribution is -2.36. The molecule has 2 amide bonds. The van der Waals surface area contributed by atoms with Crippen molar-refractivity contribution in [2.75, 3.05) is 5.32 Å². The fraction of sp³-hybridized carbons (Fsp3) is 0.286. The van der Waals surface area contributed by atoms with E-state index in [4.69, 9.17) is 5.11 Å². The maximum absolute atomic E-state index is 13.3. The average molecular weight is 278 g/mol. The van der Waals surface area contributed by atoms with Crippen molar-refractivity contribution in [3.05, 3.63) is 41.7 Å². The SMILES string of the molecule is Cc1ccc(NC(=O)NC2C=CC(C(=O)O)C2)cc1F. The van der Waals surface area contributed by atoms with E-state index in [2.05, 4.69) is 10.6 Å². The smallest absolute Gasteiger partial charge is 0.319 e. The second kappa shape index (κ2) is 5.73. The van der Waals surface area contributed by atoms with Gasteiger partial charge in [-0.2, -0.15) is 0 Å². The minimum Gasteiger partial charge on any atom is -0.481 e. The van der Waals surface area contributed by atoms with Crippen LogP contribution in [0.25, 0.3) is 0 Å². The summed E-state index contributed by atoms with van der Waals surface area (Å²) in [7, 11) is 0. The van der Waals surface area contributed by atoms with Gasteiger partial charge in [0.25, 0.3) is 0 Å². The zero-order valence-corrected chi connectivity index (χ0v) is 10.9. The summed E-state index contributed by atoms with van der Waals surface area (Å²) in [6, 6.07) is 3.59. The molecule has 6 heteroatoms. The van der Waals surface area contributed by atoms with Crippen LogP contribution in [0, 0.1) is 18.7 Å². The largest absolute Gasteiger partial charge is 0.481 e. The second-order valence-electron chi connectivity index (χ2n) is 4.73. The zero-order chi connectivity index (χ0) is 14.7. The van der Waals surface area contributed by atoms with Gasteiger partial charge in [0.2, 0.25) is 0 Å². The van der Waals surface area contributed by atoms with E-state index in [0.717, 1.165) is 0 Å². The third-order valence-electron chi connectivity index (χ3n) is 3.15. The molecule has 3 N–H and O–H groups in total. The fourth-order valence-corrected chi connectivity index (χ4v) is 2.00. The lowest BCUT2D eigenvalue weighted by Gasteiger charge is -2.13. The highest BCUT2D eigenvalue weighted by Gasteiger charge is 2.25. The quantitative estimate of drug-likeness (QED) is 0.742. The van der Waals surface area contributed by atoms with E-state index in [-0.39, 0.29) is 6.04 Å². The van der Waals surface area contributed by atoms with E-state index < -0.39 is 23.7 Å². The number of hydrogen-bond acceptors (Lipinski definition) is 2. The van der Waals surface area contributed by atoms with Gasteiger partial charge in [-0.25, -0.2) is 9.18 Å². The Labute approximate surface area is 115 Å². The molecule has 106 valence electrons. The Bertz CT molecular complexity index is 572. The molecule has 0 saturated carbocycles. The monoisotopic (exact) mass is 278 g/mol. The number of carboxylic acids is 1. The number of halogens is 1. The summed E-state index contributed by atoms with van der Waals surface area (Å²) in [4.78, 5) is 22.5. The third-order valence-corrected chi connectivity index (χ3v) is 3.15. The van der Waals surface area contributed by atoms with Gasteiger partial charge in [-0.1, -0.05) is 18.2 Å². The molecule has 0 aromatic heterocycles. The number of nitrogens with one attached hydrogen (secondary N) is 2. The van der Waals surface area contributed by atoms with Gasteiger partial charge in [-0.3, -0.25) is 4.79 Å². The Kier molecular flexibility index (Phi) is 4.02. The maximum Gasteiger partial charge on any atom is 0.319 e. The minimum atomic E-state index is -0.911. The first kappa shape index (κ1) is 14.0. The molecule has 0 bridgehead atoms. The van der Waals surface area contributed by atoms with Crippen molar-refractivity contribution < 1.29 is 19.1 Å². The van der Waals surface area contributed by atoms with Crippen LogP contribution < -0.4 is 10.6 Å². The van der Waals surface area contributed by atoms with Crippen LogP contribution in [0.2, 0.25) is 0 Å². The molecule has 0 radical (unpaired) electrons. The highest BCUT2D eigenvalue weighted by molar-refractivity contribution is 5.89. The van der Waals surface area contributed by atoms with Crippen molar-refractivity contribution in [1.82, 2.24) is 5.32 Å². The number of carbonyl (C=O) groups excluding carboxylic acids is 1. The Morgan fingerprint density at radius 2 is 2.10 bits per heavy atom. The summed E-state index contributed by atoms with van der Waals surface area (Å²) in [5.41, 5.74) is 0.848. The number of amides is 2. The highest BCUT2D eigenvalue weighted by Crippen LogP contribution is 2.18. The molecule has 0 aliphatic heterocycles. The Morgan fingerprint density at radius 3 is 2.70 bits per heavy atom. The fourth-order valence-electron chi connectivity index (χ4n) is 2.00. The Morgan fingerprint density at radius 1 is 1.35 bits per heavy atom. The maximum atomic E-state index is 13.3. The summed E-state index contributed by atoms with van der Waals surface area (Å²) in [5, 5.41) is 14.0. The van der Waals surface area contributed by atoms with Crippen molar-refractivity contribution in [3.8, 4) is 0 Å². The van der Waals surface area contributed by atoms with Crippen LogP contribution in [0.4, 0.5) is 14.9 Å². The molecule has 5 nitrogen and oxygen atoms in total. The molecule has 2 rings (SSSR count). The predicted molar refractivity (Wildman–Crippen MR) is 72.0 cm³/mol. The summed E-state index contributed by atoms with van der Waals surface area (Å²) < 4.78 is 13.3. The molecular formula is C14H15FN2O3. The molecule has 1 aromatic carbocycles. The second-order valence-corrected chi connectivity index (χ2v) is 4.73. The first-order valence-electron chi connectivity index (χ1n) is 6.20. The van der Waals surface area contributed by atoms with E-state index in [1.165, 1.54) is 6.07 Å². The number of hydrogen-bond donors (Lipinski definition) is 3. The first-order chi connectivity index (χ1) is 9.45. The standard InChI is InChI=1S/C14H15FN2O3/c1-8-2-4-11(7-12(8)15)17-14(20)16-10-5-3-9(6-10)13(18)19/h2-5,7,9-10H,6H2,1H3,(H,18,19)(H2,16,17,20). The van der Waals surface area contributed by atoms with Crippen molar-refractivity contribution in [3.63, 3.8) is 0 Å². The number of rotatable bonds is 3. The van der Waals surface area contributed by atoms with E-state index in [1.807, 2.05) is 0 Å². The lowest BCUT2D eigenvalue weighted by atomic mass is 10.1. The van der Waals surface area contributed by atoms with Crippen molar-refractivity contribution in [2.24, 2.45) is 5.92 Å². The predicted octanol–water partition coefficient (Wildman–Crippen LogP) is 2.28. The average Bonchev–Trinajstić information content (AvgIpc) is 2.82. The van der Waals surface area contributed by atoms with Crippen LogP contribution in [0.3, 0.4) is 0 Å². The van der Waals surface area contributed by atoms with Gasteiger partial charge >= 0.3 is 12.0 Å². The molecule has 2 unspecified atom stereocenters. The number of carboxylic acid groups (broad SMARTS) is 1. The van der Waals surface area contributed by atoms with Crippen molar-refractivity contribution in [2.45, 2.75) is 19.4 Å². The Balaban J connectivity index is 1.89. The molecule has 1 aliphatic carbocycles. The lowest BCUT2D eigenvalue weighted by molar-refractivity contribution is -0.140. The van der Waals surface area contributed by atoms with E-state index in [0.29, 0.717) is 17.7 Å². The zero-order valence-electron chi connectivity index (χ0n) is 10.9. The number of aryl methyl sites for hydroxylation is 1. The van der Waals surface area contributed by atoms with Gasteiger partial charge in [0.1, 0.15) is 5.82 Å². The van der Waals surface area contributed by atoms with Gasteiger partial charge in [0.15, 0.2) is 0 Å². The summed E-state index contributed by atoms with van der Waals surface area (Å²) in [6.45, 7) is 1.63. The molecule has 0 heterocycles. The summed E-state index contributed by atoms with van der Waals surface area (Å²) in [5.74, 6) is -1.88. The van der Waals surface area contributed by atoms with Crippen LogP contribution in [-0.4, -0.2) is 23.1 Å². The molecular weight excluding hydrogens is 263 g/mol. The van der Waals surface area contributed by atoms with Gasteiger partial charge in [0, 0.05) is 5.69 Å². The van der Waals surface area contributed by atoms with Crippen molar-refractivity contribution in [1.29, 1.82) is 0 Å². The normalized spacial score (nSPS) is 20.7. The number of benzene rings is 1. The first-order valence-corrected chi connectivity index (χ1v) is 6.20. The van der Waals surface area contributed by atoms with Crippen LogP contribution in [0.5, 0.6) is 0 Å². The number of urea groups is 1. The van der Waals surface area contributed by atoms with Crippen LogP contribution in [0.1, 0.15) is 12.0 Å². The number of aliphatic carboxylic acids is 1. The van der Waals surface area contributed by atoms with Crippen molar-refractivity contribution >= 4 is 17.7 Å².